The molecule has 0 heterocycles. The Morgan fingerprint density at radius 3 is 0.463 bits per heavy atom. The minimum Gasteiger partial charge on any atom is -0.542 e. The van der Waals surface area contributed by atoms with Crippen molar-refractivity contribution in [2.24, 2.45) is 23.7 Å². The fourth-order valence-electron chi connectivity index (χ4n) is 3.30. The van der Waals surface area contributed by atoms with Gasteiger partial charge in [0.05, 0.1) is 0 Å². The van der Waals surface area contributed by atoms with Gasteiger partial charge in [0.2, 0.25) is 0 Å². The molecule has 0 aromatic carbocycles. The van der Waals surface area contributed by atoms with Crippen LogP contribution in [0.15, 0.2) is 0 Å². The molecule has 0 unspecified atom stereocenters. The van der Waals surface area contributed by atoms with Crippen molar-refractivity contribution in [3.8, 4) is 0 Å². The molecule has 0 saturated heterocycles. The molecule has 0 amide bonds. The average Bonchev–Trinajstić information content (AvgIpc) is 2.92. The molecule has 13 heteroatoms. The number of carboxylic acids is 4. The van der Waals surface area contributed by atoms with Gasteiger partial charge >= 0.3 is 26.2 Å². The molecule has 0 fully saturated rings. The predicted octanol–water partition coefficient (Wildman–Crippen LogP) is -1.04. The van der Waals surface area contributed by atoms with Crippen LogP contribution in [0.2, 0.25) is 0 Å². The molecule has 0 aromatic rings. The Labute approximate surface area is 261 Å². The SMILES string of the molecule is CCC(CC)C(=O)C(=O)[O-].CCC(CC)C(=O)C(=O)[O-].CCC(CC)C(=O)C(=O)[O-].CCC(CC)C(=O)C(=O)[O-].[Zr+4]. The van der Waals surface area contributed by atoms with Gasteiger partial charge in [-0.3, -0.25) is 19.2 Å². The third-order valence-corrected chi connectivity index (χ3v) is 6.23. The first-order valence-corrected chi connectivity index (χ1v) is 13.5. The summed E-state index contributed by atoms with van der Waals surface area (Å²) >= 11 is 0. The minimum absolute atomic E-state index is 0. The van der Waals surface area contributed by atoms with Gasteiger partial charge in [-0.05, 0) is 51.4 Å². The standard InChI is InChI=1S/4C7H12O3.Zr/c4*1-3-5(4-2)6(8)7(9)10;/h4*5H,3-4H2,1-2H3,(H,9,10);/q;;;;+4/p-4. The van der Waals surface area contributed by atoms with Crippen molar-refractivity contribution in [1.82, 2.24) is 0 Å². The number of rotatable bonds is 16. The molecule has 0 saturated carbocycles. The van der Waals surface area contributed by atoms with E-state index in [1.807, 2.05) is 0 Å². The smallest absolute Gasteiger partial charge is 0.542 e. The van der Waals surface area contributed by atoms with Gasteiger partial charge < -0.3 is 39.6 Å². The first kappa shape index (κ1) is 48.2. The number of Topliss-reactive ketones (excluding diaryl/α,β-unsaturated/α-hetero) is 4. The van der Waals surface area contributed by atoms with Gasteiger partial charge in [0.15, 0.2) is 23.1 Å². The molecule has 0 aliphatic heterocycles. The van der Waals surface area contributed by atoms with E-state index >= 15 is 0 Å². The fourth-order valence-corrected chi connectivity index (χ4v) is 3.30. The number of hydrogen-bond donors (Lipinski definition) is 0. The van der Waals surface area contributed by atoms with Crippen molar-refractivity contribution < 1.29 is 85.0 Å². The van der Waals surface area contributed by atoms with Crippen molar-refractivity contribution in [3.63, 3.8) is 0 Å². The van der Waals surface area contributed by atoms with Crippen LogP contribution < -0.4 is 20.4 Å². The molecule has 0 spiro atoms. The van der Waals surface area contributed by atoms with Crippen LogP contribution in [0.4, 0.5) is 0 Å². The van der Waals surface area contributed by atoms with Gasteiger partial charge in [0.25, 0.3) is 0 Å². The van der Waals surface area contributed by atoms with Crippen molar-refractivity contribution in [3.05, 3.63) is 0 Å². The fraction of sp³-hybridized carbons (Fsp3) is 0.714. The van der Waals surface area contributed by atoms with Crippen LogP contribution in [0.3, 0.4) is 0 Å². The third kappa shape index (κ3) is 22.8. The zero-order valence-corrected chi connectivity index (χ0v) is 27.8. The normalized spacial score (nSPS) is 9.66. The summed E-state index contributed by atoms with van der Waals surface area (Å²) in [6, 6.07) is 0. The van der Waals surface area contributed by atoms with Crippen LogP contribution in [0, 0.1) is 23.7 Å². The van der Waals surface area contributed by atoms with Gasteiger partial charge in [-0.2, -0.15) is 0 Å². The van der Waals surface area contributed by atoms with E-state index in [0.717, 1.165) is 0 Å². The van der Waals surface area contributed by atoms with Crippen LogP contribution >= 0.6 is 0 Å². The first-order chi connectivity index (χ1) is 18.5. The van der Waals surface area contributed by atoms with E-state index in [9.17, 15) is 58.8 Å². The summed E-state index contributed by atoms with van der Waals surface area (Å²) in [6.45, 7) is 14.3. The average molecular weight is 664 g/mol. The molecular formula is C28H44O12Zr. The summed E-state index contributed by atoms with van der Waals surface area (Å²) in [7, 11) is 0. The Bertz CT molecular complexity index is 686. The molecule has 0 aliphatic carbocycles. The summed E-state index contributed by atoms with van der Waals surface area (Å²) in [5, 5.41) is 40.0. The molecule has 12 nitrogen and oxygen atoms in total. The Morgan fingerprint density at radius 2 is 0.439 bits per heavy atom. The molecule has 0 bridgehead atoms. The number of carbonyl (C=O) groups is 8. The number of carbonyl (C=O) groups excluding carboxylic acids is 8. The van der Waals surface area contributed by atoms with E-state index in [2.05, 4.69) is 0 Å². The largest absolute Gasteiger partial charge is 4.00 e. The van der Waals surface area contributed by atoms with Crippen molar-refractivity contribution in [1.29, 1.82) is 0 Å². The van der Waals surface area contributed by atoms with E-state index in [4.69, 9.17) is 0 Å². The Kier molecular flexibility index (Phi) is 34.0. The molecule has 41 heavy (non-hydrogen) atoms. The van der Waals surface area contributed by atoms with Crippen LogP contribution in [-0.2, 0) is 64.6 Å². The maximum absolute atomic E-state index is 10.6. The topological polar surface area (TPSA) is 229 Å². The van der Waals surface area contributed by atoms with E-state index in [1.165, 1.54) is 0 Å². The monoisotopic (exact) mass is 662 g/mol. The zero-order valence-electron chi connectivity index (χ0n) is 25.4. The van der Waals surface area contributed by atoms with Crippen LogP contribution in [0.5, 0.6) is 0 Å². The number of hydrogen-bond acceptors (Lipinski definition) is 12. The molecule has 0 N–H and O–H groups in total. The van der Waals surface area contributed by atoms with Gasteiger partial charge in [0.1, 0.15) is 23.9 Å². The summed E-state index contributed by atoms with van der Waals surface area (Å²) < 4.78 is 0. The van der Waals surface area contributed by atoms with Crippen molar-refractivity contribution in [2.45, 2.75) is 107 Å². The second kappa shape index (κ2) is 29.0. The number of carboxylic acid groups (broad SMARTS) is 4. The predicted molar refractivity (Wildman–Crippen MR) is 136 cm³/mol. The van der Waals surface area contributed by atoms with Crippen LogP contribution in [0.1, 0.15) is 107 Å². The quantitative estimate of drug-likeness (QED) is 0.180. The summed E-state index contributed by atoms with van der Waals surface area (Å²) in [5.41, 5.74) is 0. The van der Waals surface area contributed by atoms with Crippen molar-refractivity contribution in [2.75, 3.05) is 0 Å². The Morgan fingerprint density at radius 1 is 0.341 bits per heavy atom. The van der Waals surface area contributed by atoms with Gasteiger partial charge in [-0.25, -0.2) is 0 Å². The van der Waals surface area contributed by atoms with E-state index in [1.54, 1.807) is 55.4 Å². The molecule has 0 rings (SSSR count). The molecular weight excluding hydrogens is 620 g/mol. The molecule has 0 radical (unpaired) electrons. The number of aliphatic carboxylic acids is 4. The molecule has 0 aliphatic rings. The summed E-state index contributed by atoms with van der Waals surface area (Å²) in [5.74, 6) is -10.8. The minimum atomic E-state index is -1.56. The zero-order chi connectivity index (χ0) is 32.6. The summed E-state index contributed by atoms with van der Waals surface area (Å²) in [6.07, 6.45) is 4.58. The number of ketones is 4. The second-order valence-corrected chi connectivity index (χ2v) is 8.66. The van der Waals surface area contributed by atoms with Gasteiger partial charge in [-0.15, -0.1) is 0 Å². The Hall–Kier alpha value is -2.56. The van der Waals surface area contributed by atoms with E-state index in [-0.39, 0.29) is 49.9 Å². The van der Waals surface area contributed by atoms with Crippen molar-refractivity contribution >= 4 is 47.0 Å². The summed E-state index contributed by atoms with van der Waals surface area (Å²) in [4.78, 5) is 82.6. The molecule has 0 aromatic heterocycles. The van der Waals surface area contributed by atoms with Crippen LogP contribution in [-0.4, -0.2) is 47.0 Å². The molecule has 0 atom stereocenters. The Balaban J connectivity index is -0.000000139. The van der Waals surface area contributed by atoms with E-state index in [0.29, 0.717) is 51.4 Å². The first-order valence-electron chi connectivity index (χ1n) is 13.5. The van der Waals surface area contributed by atoms with E-state index < -0.39 is 47.0 Å². The van der Waals surface area contributed by atoms with Gasteiger partial charge in [-0.1, -0.05) is 55.4 Å². The maximum Gasteiger partial charge on any atom is 4.00 e. The van der Waals surface area contributed by atoms with Crippen LogP contribution in [0.25, 0.3) is 0 Å². The third-order valence-electron chi connectivity index (χ3n) is 6.23. The second-order valence-electron chi connectivity index (χ2n) is 8.66. The van der Waals surface area contributed by atoms with Gasteiger partial charge in [0, 0.05) is 23.7 Å². The maximum atomic E-state index is 10.6. The molecule has 232 valence electrons.